The Hall–Kier alpha value is -2.81. The van der Waals surface area contributed by atoms with Crippen LogP contribution < -0.4 is 5.73 Å². The summed E-state index contributed by atoms with van der Waals surface area (Å²) in [6, 6.07) is 7.01. The Labute approximate surface area is 166 Å². The molecule has 1 aliphatic heterocycles. The summed E-state index contributed by atoms with van der Waals surface area (Å²) in [6.07, 6.45) is 0.0682. The average Bonchev–Trinajstić information content (AvgIpc) is 3.01. The fraction of sp³-hybridized carbons (Fsp3) is 0.300. The molecule has 1 aromatic heterocycles. The molecule has 152 valence electrons. The maximum atomic E-state index is 14.1. The lowest BCUT2D eigenvalue weighted by atomic mass is 9.98. The molecule has 0 fully saturated rings. The van der Waals surface area contributed by atoms with Crippen LogP contribution in [0.4, 0.5) is 8.78 Å². The Balaban J connectivity index is 1.73. The molecule has 0 aliphatic carbocycles. The largest absolute Gasteiger partial charge is 0.441 e. The number of fused-ring (bicyclic) bond motifs is 1. The van der Waals surface area contributed by atoms with Gasteiger partial charge in [0.25, 0.3) is 0 Å². The number of aryl methyl sites for hydroxylation is 1. The van der Waals surface area contributed by atoms with Gasteiger partial charge in [0.1, 0.15) is 27.7 Å². The molecule has 9 heteroatoms. The molecule has 29 heavy (non-hydrogen) atoms. The van der Waals surface area contributed by atoms with E-state index in [1.165, 1.54) is 6.92 Å². The Morgan fingerprint density at radius 1 is 1.24 bits per heavy atom. The number of sulfone groups is 1. The third-order valence-corrected chi connectivity index (χ3v) is 7.80. The molecule has 0 saturated carbocycles. The summed E-state index contributed by atoms with van der Waals surface area (Å²) in [4.78, 5) is 8.46. The van der Waals surface area contributed by atoms with Gasteiger partial charge in [-0.05, 0) is 49.2 Å². The van der Waals surface area contributed by atoms with E-state index in [9.17, 15) is 17.2 Å². The molecule has 1 aliphatic rings. The lowest BCUT2D eigenvalue weighted by molar-refractivity contribution is 0.537. The zero-order valence-electron chi connectivity index (χ0n) is 15.8. The molecular weight excluding hydrogens is 400 g/mol. The van der Waals surface area contributed by atoms with Gasteiger partial charge in [0.2, 0.25) is 0 Å². The zero-order chi connectivity index (χ0) is 21.0. The first-order valence-corrected chi connectivity index (χ1v) is 10.6. The fourth-order valence-corrected chi connectivity index (χ4v) is 5.40. The molecule has 6 nitrogen and oxygen atoms in total. The highest BCUT2D eigenvalue weighted by molar-refractivity contribution is 7.93. The van der Waals surface area contributed by atoms with E-state index in [1.54, 1.807) is 25.1 Å². The highest BCUT2D eigenvalue weighted by Gasteiger charge is 2.48. The monoisotopic (exact) mass is 419 g/mol. The van der Waals surface area contributed by atoms with Crippen LogP contribution in [0.15, 0.2) is 45.8 Å². The number of nitrogens with two attached hydrogens (primary N) is 1. The summed E-state index contributed by atoms with van der Waals surface area (Å²) in [6.45, 7) is 3.22. The van der Waals surface area contributed by atoms with E-state index in [1.807, 2.05) is 0 Å². The standard InChI is InChI=1S/C20H19F2N3O3S/c1-11-24-16-6-3-12(7-18(16)28-11)9-20(2)19(23)25-17(10-29(20,26)27)14-8-13(21)4-5-15(14)22/h3-8,17H,9-10H2,1-2H3,(H2,23,25). The van der Waals surface area contributed by atoms with Crippen molar-refractivity contribution in [2.75, 3.05) is 5.75 Å². The van der Waals surface area contributed by atoms with Crippen LogP contribution in [0.1, 0.15) is 30.0 Å². The van der Waals surface area contributed by atoms with Gasteiger partial charge in [-0.1, -0.05) is 6.07 Å². The highest BCUT2D eigenvalue weighted by Crippen LogP contribution is 2.36. The molecule has 4 rings (SSSR count). The number of nitrogens with zero attached hydrogens (tertiary/aromatic N) is 2. The molecule has 0 saturated heterocycles. The molecule has 0 bridgehead atoms. The second-order valence-corrected chi connectivity index (χ2v) is 9.88. The van der Waals surface area contributed by atoms with Crippen molar-refractivity contribution in [3.05, 3.63) is 65.1 Å². The van der Waals surface area contributed by atoms with Crippen LogP contribution in [0, 0.1) is 18.6 Å². The van der Waals surface area contributed by atoms with Gasteiger partial charge >= 0.3 is 0 Å². The minimum absolute atomic E-state index is 0.0682. The molecule has 2 heterocycles. The maximum absolute atomic E-state index is 14.1. The zero-order valence-corrected chi connectivity index (χ0v) is 16.6. The Morgan fingerprint density at radius 2 is 2.00 bits per heavy atom. The minimum atomic E-state index is -3.84. The molecular formula is C20H19F2N3O3S. The quantitative estimate of drug-likeness (QED) is 0.703. The first kappa shape index (κ1) is 19.5. The van der Waals surface area contributed by atoms with E-state index in [0.29, 0.717) is 22.6 Å². The number of amidine groups is 1. The van der Waals surface area contributed by atoms with E-state index in [0.717, 1.165) is 18.2 Å². The Bertz CT molecular complexity index is 1250. The summed E-state index contributed by atoms with van der Waals surface area (Å²) in [5, 5.41) is 0. The molecule has 2 unspecified atom stereocenters. The average molecular weight is 419 g/mol. The molecule has 2 aromatic carbocycles. The third-order valence-electron chi connectivity index (χ3n) is 5.32. The summed E-state index contributed by atoms with van der Waals surface area (Å²) in [7, 11) is -3.84. The number of hydrogen-bond acceptors (Lipinski definition) is 6. The van der Waals surface area contributed by atoms with Gasteiger partial charge in [-0.25, -0.2) is 22.2 Å². The predicted molar refractivity (Wildman–Crippen MR) is 105 cm³/mol. The summed E-state index contributed by atoms with van der Waals surface area (Å²) < 4.78 is 58.0. The van der Waals surface area contributed by atoms with Crippen molar-refractivity contribution in [1.29, 1.82) is 0 Å². The maximum Gasteiger partial charge on any atom is 0.192 e. The molecule has 0 radical (unpaired) electrons. The summed E-state index contributed by atoms with van der Waals surface area (Å²) >= 11 is 0. The van der Waals surface area contributed by atoms with Gasteiger partial charge in [0.15, 0.2) is 21.3 Å². The van der Waals surface area contributed by atoms with Crippen LogP contribution in [0.3, 0.4) is 0 Å². The lowest BCUT2D eigenvalue weighted by Crippen LogP contribution is -2.54. The minimum Gasteiger partial charge on any atom is -0.441 e. The number of halogens is 2. The topological polar surface area (TPSA) is 98.5 Å². The first-order chi connectivity index (χ1) is 13.6. The number of aliphatic imine (C=N–C) groups is 1. The number of benzene rings is 2. The smallest absolute Gasteiger partial charge is 0.192 e. The third kappa shape index (κ3) is 3.29. The van der Waals surface area contributed by atoms with Crippen molar-refractivity contribution in [2.24, 2.45) is 10.7 Å². The SMILES string of the molecule is Cc1nc2ccc(CC3(C)C(N)=NC(c4cc(F)ccc4F)CS3(=O)=O)cc2o1. The van der Waals surface area contributed by atoms with Gasteiger partial charge in [0.05, 0.1) is 11.8 Å². The van der Waals surface area contributed by atoms with Crippen LogP contribution in [0.2, 0.25) is 0 Å². The lowest BCUT2D eigenvalue weighted by Gasteiger charge is -2.35. The summed E-state index contributed by atoms with van der Waals surface area (Å²) in [5.74, 6) is -1.48. The van der Waals surface area contributed by atoms with Crippen LogP contribution in [0.25, 0.3) is 11.1 Å². The van der Waals surface area contributed by atoms with Gasteiger partial charge in [-0.3, -0.25) is 4.99 Å². The molecule has 2 atom stereocenters. The number of oxazole rings is 1. The molecule has 0 spiro atoms. The van der Waals surface area contributed by atoms with Crippen LogP contribution in [0.5, 0.6) is 0 Å². The van der Waals surface area contributed by atoms with E-state index in [-0.39, 0.29) is 17.8 Å². The van der Waals surface area contributed by atoms with Gasteiger partial charge < -0.3 is 10.2 Å². The van der Waals surface area contributed by atoms with Crippen LogP contribution in [-0.2, 0) is 16.3 Å². The number of aromatic nitrogens is 1. The van der Waals surface area contributed by atoms with Crippen molar-refractivity contribution >= 4 is 26.8 Å². The molecule has 2 N–H and O–H groups in total. The molecule has 0 amide bonds. The van der Waals surface area contributed by atoms with E-state index in [2.05, 4.69) is 9.98 Å². The Morgan fingerprint density at radius 3 is 2.72 bits per heavy atom. The summed E-state index contributed by atoms with van der Waals surface area (Å²) in [5.41, 5.74) is 7.87. The highest BCUT2D eigenvalue weighted by atomic mass is 32.2. The molecule has 3 aromatic rings. The first-order valence-electron chi connectivity index (χ1n) is 8.96. The normalized spacial score (nSPS) is 23.9. The van der Waals surface area contributed by atoms with Gasteiger partial charge in [-0.2, -0.15) is 0 Å². The van der Waals surface area contributed by atoms with Gasteiger partial charge in [-0.15, -0.1) is 0 Å². The van der Waals surface area contributed by atoms with E-state index < -0.39 is 38.0 Å². The second kappa shape index (κ2) is 6.62. The number of rotatable bonds is 3. The van der Waals surface area contributed by atoms with Crippen molar-refractivity contribution in [2.45, 2.75) is 31.1 Å². The van der Waals surface area contributed by atoms with E-state index in [4.69, 9.17) is 10.2 Å². The number of hydrogen-bond donors (Lipinski definition) is 1. The van der Waals surface area contributed by atoms with E-state index >= 15 is 0 Å². The van der Waals surface area contributed by atoms with Crippen molar-refractivity contribution in [3.63, 3.8) is 0 Å². The van der Waals surface area contributed by atoms with Crippen molar-refractivity contribution in [1.82, 2.24) is 4.98 Å². The predicted octanol–water partition coefficient (Wildman–Crippen LogP) is 3.24. The van der Waals surface area contributed by atoms with Crippen LogP contribution >= 0.6 is 0 Å². The second-order valence-electron chi connectivity index (χ2n) is 7.42. The van der Waals surface area contributed by atoms with Crippen molar-refractivity contribution < 1.29 is 21.6 Å². The van der Waals surface area contributed by atoms with Crippen LogP contribution in [-0.4, -0.2) is 29.7 Å². The Kier molecular flexibility index (Phi) is 4.45. The van der Waals surface area contributed by atoms with Crippen molar-refractivity contribution in [3.8, 4) is 0 Å². The fourth-order valence-electron chi connectivity index (χ4n) is 3.61. The van der Waals surface area contributed by atoms with Gasteiger partial charge in [0, 0.05) is 12.5 Å².